The fraction of sp³-hybridized carbons (Fsp3) is 0.250. The Hall–Kier alpha value is -3.77. The summed E-state index contributed by atoms with van der Waals surface area (Å²) < 4.78 is 4.68. The minimum Gasteiger partial charge on any atom is -0.469 e. The first kappa shape index (κ1) is 24.9. The van der Waals surface area contributed by atoms with Gasteiger partial charge in [-0.1, -0.05) is 97.9 Å². The number of ketones is 1. The predicted octanol–water partition coefficient (Wildman–Crippen LogP) is 3.58. The van der Waals surface area contributed by atoms with Crippen molar-refractivity contribution >= 4 is 17.7 Å². The van der Waals surface area contributed by atoms with Gasteiger partial charge in [0.25, 0.3) is 0 Å². The smallest absolute Gasteiger partial charge is 0.308 e. The van der Waals surface area contributed by atoms with E-state index in [0.29, 0.717) is 0 Å². The number of amides is 1. The SMILES string of the molecule is COC(=O)[C@H](C)CC(=O)[C@H](N)CC(=O)NC(c1ccccc1)(c1ccccc1)c1ccccc1. The number of rotatable bonds is 10. The lowest BCUT2D eigenvalue weighted by molar-refractivity contribution is -0.146. The fourth-order valence-corrected chi connectivity index (χ4v) is 4.09. The van der Waals surface area contributed by atoms with Crippen molar-refractivity contribution in [2.75, 3.05) is 7.11 Å². The summed E-state index contributed by atoms with van der Waals surface area (Å²) in [5.41, 5.74) is 7.72. The van der Waals surface area contributed by atoms with Crippen LogP contribution in [0.3, 0.4) is 0 Å². The summed E-state index contributed by atoms with van der Waals surface area (Å²) in [4.78, 5) is 37.6. The van der Waals surface area contributed by atoms with E-state index in [1.807, 2.05) is 91.0 Å². The van der Waals surface area contributed by atoms with Crippen LogP contribution in [0.2, 0.25) is 0 Å². The molecule has 6 nitrogen and oxygen atoms in total. The van der Waals surface area contributed by atoms with Crippen LogP contribution in [-0.2, 0) is 24.7 Å². The van der Waals surface area contributed by atoms with Gasteiger partial charge in [-0.25, -0.2) is 0 Å². The van der Waals surface area contributed by atoms with Gasteiger partial charge in [0.2, 0.25) is 5.91 Å². The van der Waals surface area contributed by atoms with Crippen LogP contribution in [0, 0.1) is 5.92 Å². The number of methoxy groups -OCH3 is 1. The van der Waals surface area contributed by atoms with Gasteiger partial charge in [0.15, 0.2) is 5.78 Å². The molecule has 0 unspecified atom stereocenters. The molecule has 3 aromatic rings. The highest BCUT2D eigenvalue weighted by Crippen LogP contribution is 2.36. The highest BCUT2D eigenvalue weighted by molar-refractivity contribution is 5.92. The first-order valence-electron chi connectivity index (χ1n) is 11.2. The number of benzene rings is 3. The molecule has 3 rings (SSSR count). The van der Waals surface area contributed by atoms with Gasteiger partial charge in [-0.15, -0.1) is 0 Å². The van der Waals surface area contributed by atoms with Crippen molar-refractivity contribution in [2.24, 2.45) is 11.7 Å². The Morgan fingerprint density at radius 2 is 1.21 bits per heavy atom. The van der Waals surface area contributed by atoms with Crippen molar-refractivity contribution in [3.63, 3.8) is 0 Å². The normalized spacial score (nSPS) is 12.9. The minimum atomic E-state index is -1.04. The number of nitrogens with two attached hydrogens (primary N) is 1. The van der Waals surface area contributed by atoms with Gasteiger partial charge in [-0.2, -0.15) is 0 Å². The number of ether oxygens (including phenoxy) is 1. The molecule has 0 aromatic heterocycles. The number of hydrogen-bond acceptors (Lipinski definition) is 5. The maximum absolute atomic E-state index is 13.3. The number of Topliss-reactive ketones (excluding diaryl/α,β-unsaturated/α-hetero) is 1. The summed E-state index contributed by atoms with van der Waals surface area (Å²) in [6.07, 6.45) is -0.288. The molecule has 2 atom stereocenters. The zero-order valence-electron chi connectivity index (χ0n) is 19.4. The maximum Gasteiger partial charge on any atom is 0.308 e. The molecule has 1 amide bonds. The van der Waals surface area contributed by atoms with E-state index in [1.165, 1.54) is 7.11 Å². The van der Waals surface area contributed by atoms with Crippen LogP contribution in [0.25, 0.3) is 0 Å². The number of esters is 1. The Morgan fingerprint density at radius 1 is 0.794 bits per heavy atom. The number of carbonyl (C=O) groups is 3. The average molecular weight is 459 g/mol. The van der Waals surface area contributed by atoms with Crippen LogP contribution in [0.15, 0.2) is 91.0 Å². The summed E-state index contributed by atoms with van der Waals surface area (Å²) in [5, 5.41) is 3.19. The van der Waals surface area contributed by atoms with Gasteiger partial charge in [-0.3, -0.25) is 14.4 Å². The zero-order chi connectivity index (χ0) is 24.6. The van der Waals surface area contributed by atoms with Gasteiger partial charge in [0.1, 0.15) is 5.54 Å². The third-order valence-electron chi connectivity index (χ3n) is 5.88. The third-order valence-corrected chi connectivity index (χ3v) is 5.88. The lowest BCUT2D eigenvalue weighted by Gasteiger charge is -2.37. The molecule has 0 heterocycles. The van der Waals surface area contributed by atoms with E-state index in [0.717, 1.165) is 16.7 Å². The molecule has 3 N–H and O–H groups in total. The van der Waals surface area contributed by atoms with E-state index in [4.69, 9.17) is 5.73 Å². The van der Waals surface area contributed by atoms with Crippen molar-refractivity contribution in [1.29, 1.82) is 0 Å². The number of nitrogens with one attached hydrogen (secondary N) is 1. The van der Waals surface area contributed by atoms with E-state index in [2.05, 4.69) is 10.1 Å². The second-order valence-electron chi connectivity index (χ2n) is 8.30. The predicted molar refractivity (Wildman–Crippen MR) is 131 cm³/mol. The van der Waals surface area contributed by atoms with Crippen LogP contribution in [0.5, 0.6) is 0 Å². The second kappa shape index (κ2) is 11.4. The van der Waals surface area contributed by atoms with Crippen molar-refractivity contribution in [2.45, 2.75) is 31.3 Å². The molecule has 0 aliphatic rings. The zero-order valence-corrected chi connectivity index (χ0v) is 19.4. The van der Waals surface area contributed by atoms with Gasteiger partial charge >= 0.3 is 5.97 Å². The monoisotopic (exact) mass is 458 g/mol. The molecule has 3 aromatic carbocycles. The quantitative estimate of drug-likeness (QED) is 0.357. The Kier molecular flexibility index (Phi) is 8.33. The second-order valence-corrected chi connectivity index (χ2v) is 8.30. The first-order chi connectivity index (χ1) is 16.4. The fourth-order valence-electron chi connectivity index (χ4n) is 4.09. The summed E-state index contributed by atoms with van der Waals surface area (Å²) in [7, 11) is 1.27. The molecule has 0 fully saturated rings. The van der Waals surface area contributed by atoms with E-state index in [9.17, 15) is 14.4 Å². The van der Waals surface area contributed by atoms with Gasteiger partial charge in [0.05, 0.1) is 19.1 Å². The molecule has 0 saturated heterocycles. The Bertz CT molecular complexity index is 1000. The van der Waals surface area contributed by atoms with Gasteiger partial charge in [0, 0.05) is 12.8 Å². The van der Waals surface area contributed by atoms with Gasteiger partial charge < -0.3 is 15.8 Å². The molecule has 34 heavy (non-hydrogen) atoms. The summed E-state index contributed by atoms with van der Waals surface area (Å²) in [6, 6.07) is 28.0. The van der Waals surface area contributed by atoms with Crippen molar-refractivity contribution in [3.8, 4) is 0 Å². The van der Waals surface area contributed by atoms with Gasteiger partial charge in [-0.05, 0) is 16.7 Å². The van der Waals surface area contributed by atoms with E-state index in [-0.39, 0.29) is 24.5 Å². The Labute approximate surface area is 200 Å². The van der Waals surface area contributed by atoms with Crippen molar-refractivity contribution in [1.82, 2.24) is 5.32 Å². The van der Waals surface area contributed by atoms with E-state index >= 15 is 0 Å². The molecule has 0 bridgehead atoms. The van der Waals surface area contributed by atoms with Crippen LogP contribution < -0.4 is 11.1 Å². The molecule has 176 valence electrons. The standard InChI is InChI=1S/C28H30N2O4/c1-20(27(33)34-2)18-25(31)24(29)19-26(32)30-28(21-12-6-3-7-13-21,22-14-8-4-9-15-22)23-16-10-5-11-17-23/h3-17,20,24H,18-19,29H2,1-2H3,(H,30,32)/t20-,24-/m1/s1. The molecule has 0 radical (unpaired) electrons. The Morgan fingerprint density at radius 3 is 1.59 bits per heavy atom. The largest absolute Gasteiger partial charge is 0.469 e. The number of hydrogen-bond donors (Lipinski definition) is 2. The maximum atomic E-state index is 13.3. The molecular formula is C28H30N2O4. The Balaban J connectivity index is 1.94. The van der Waals surface area contributed by atoms with Crippen molar-refractivity contribution in [3.05, 3.63) is 108 Å². The summed E-state index contributed by atoms with van der Waals surface area (Å²) >= 11 is 0. The molecule has 0 aliphatic heterocycles. The molecule has 0 aliphatic carbocycles. The highest BCUT2D eigenvalue weighted by Gasteiger charge is 2.38. The molecule has 0 saturated carbocycles. The lowest BCUT2D eigenvalue weighted by atomic mass is 9.77. The topological polar surface area (TPSA) is 98.5 Å². The van der Waals surface area contributed by atoms with E-state index in [1.54, 1.807) is 6.92 Å². The van der Waals surface area contributed by atoms with Crippen LogP contribution in [0.4, 0.5) is 0 Å². The average Bonchev–Trinajstić information content (AvgIpc) is 2.88. The summed E-state index contributed by atoms with van der Waals surface area (Å²) in [5.74, 6) is -1.84. The molecule has 0 spiro atoms. The highest BCUT2D eigenvalue weighted by atomic mass is 16.5. The minimum absolute atomic E-state index is 0.0810. The van der Waals surface area contributed by atoms with Crippen LogP contribution >= 0.6 is 0 Å². The van der Waals surface area contributed by atoms with Crippen molar-refractivity contribution < 1.29 is 19.1 Å². The van der Waals surface area contributed by atoms with Crippen LogP contribution in [-0.4, -0.2) is 30.8 Å². The third kappa shape index (κ3) is 5.58. The lowest BCUT2D eigenvalue weighted by Crippen LogP contribution is -2.49. The first-order valence-corrected chi connectivity index (χ1v) is 11.2. The van der Waals surface area contributed by atoms with E-state index < -0.39 is 23.5 Å². The summed E-state index contributed by atoms with van der Waals surface area (Å²) in [6.45, 7) is 1.60. The number of carbonyl (C=O) groups excluding carboxylic acids is 3. The molecular weight excluding hydrogens is 428 g/mol. The van der Waals surface area contributed by atoms with Crippen LogP contribution in [0.1, 0.15) is 36.5 Å². The molecule has 6 heteroatoms.